The second kappa shape index (κ2) is 2.58. The highest BCUT2D eigenvalue weighted by atomic mass is 16.1. The monoisotopic (exact) mass is 150 g/mol. The van der Waals surface area contributed by atoms with Gasteiger partial charge in [0.25, 0.3) is 0 Å². The molecule has 3 nitrogen and oxygen atoms in total. The molecule has 11 heavy (non-hydrogen) atoms. The van der Waals surface area contributed by atoms with Gasteiger partial charge < -0.3 is 5.32 Å². The van der Waals surface area contributed by atoms with E-state index in [2.05, 4.69) is 10.3 Å². The van der Waals surface area contributed by atoms with Crippen molar-refractivity contribution >= 4 is 12.0 Å². The van der Waals surface area contributed by atoms with Crippen molar-refractivity contribution in [3.05, 3.63) is 12.3 Å². The molecule has 58 valence electrons. The zero-order valence-electron chi connectivity index (χ0n) is 6.16. The van der Waals surface area contributed by atoms with Crippen molar-refractivity contribution in [1.29, 1.82) is 0 Å². The number of carbonyl (C=O) groups is 1. The Balaban J connectivity index is 2.20. The Morgan fingerprint density at radius 2 is 2.55 bits per heavy atom. The topological polar surface area (TPSA) is 41.5 Å². The van der Waals surface area contributed by atoms with Crippen LogP contribution in [-0.4, -0.2) is 24.6 Å². The average Bonchev–Trinajstić information content (AvgIpc) is 2.06. The highest BCUT2D eigenvalue weighted by molar-refractivity contribution is 5.97. The fourth-order valence-electron chi connectivity index (χ4n) is 1.50. The fourth-order valence-corrected chi connectivity index (χ4v) is 1.50. The quantitative estimate of drug-likeness (QED) is 0.533. The Morgan fingerprint density at radius 1 is 1.64 bits per heavy atom. The summed E-state index contributed by atoms with van der Waals surface area (Å²) in [6.45, 7) is 0.804. The van der Waals surface area contributed by atoms with Gasteiger partial charge in [0.1, 0.15) is 5.78 Å². The number of Topliss-reactive ketones (excluding diaryl/α,β-unsaturated/α-hetero) is 1. The molecular formula is C8H10N2O. The summed E-state index contributed by atoms with van der Waals surface area (Å²) in [5, 5.41) is 3.25. The molecule has 3 heteroatoms. The molecule has 2 rings (SSSR count). The van der Waals surface area contributed by atoms with Crippen molar-refractivity contribution in [3.63, 3.8) is 0 Å². The van der Waals surface area contributed by atoms with E-state index in [0.29, 0.717) is 12.2 Å². The molecule has 2 heterocycles. The van der Waals surface area contributed by atoms with Crippen LogP contribution in [0.15, 0.2) is 17.3 Å². The maximum atomic E-state index is 11.3. The van der Waals surface area contributed by atoms with Crippen molar-refractivity contribution < 1.29 is 4.79 Å². The lowest BCUT2D eigenvalue weighted by molar-refractivity contribution is -0.122. The van der Waals surface area contributed by atoms with Gasteiger partial charge in [0.15, 0.2) is 0 Å². The maximum absolute atomic E-state index is 11.3. The zero-order valence-corrected chi connectivity index (χ0v) is 6.16. The molecular weight excluding hydrogens is 140 g/mol. The third-order valence-corrected chi connectivity index (χ3v) is 2.14. The Kier molecular flexibility index (Phi) is 1.58. The number of rotatable bonds is 0. The van der Waals surface area contributed by atoms with E-state index in [1.54, 1.807) is 12.4 Å². The molecule has 2 aliphatic rings. The van der Waals surface area contributed by atoms with Crippen LogP contribution in [0.4, 0.5) is 0 Å². The minimum Gasteiger partial charge on any atom is -0.309 e. The van der Waals surface area contributed by atoms with Crippen molar-refractivity contribution in [2.45, 2.75) is 12.5 Å². The fraction of sp³-hybridized carbons (Fsp3) is 0.500. The number of piperidine rings is 1. The molecule has 2 atom stereocenters. The number of hydrogen-bond donors (Lipinski definition) is 1. The molecule has 2 unspecified atom stereocenters. The van der Waals surface area contributed by atoms with Crippen molar-refractivity contribution in [3.8, 4) is 0 Å². The number of ketones is 1. The smallest absolute Gasteiger partial charge is 0.144 e. The molecule has 0 aliphatic carbocycles. The Morgan fingerprint density at radius 3 is 3.36 bits per heavy atom. The number of nitrogens with one attached hydrogen (secondary N) is 1. The first kappa shape index (κ1) is 6.73. The largest absolute Gasteiger partial charge is 0.309 e. The summed E-state index contributed by atoms with van der Waals surface area (Å²) >= 11 is 0. The Hall–Kier alpha value is -0.960. The lowest BCUT2D eigenvalue weighted by Crippen LogP contribution is -2.46. The van der Waals surface area contributed by atoms with Gasteiger partial charge in [-0.2, -0.15) is 0 Å². The second-order valence-electron chi connectivity index (χ2n) is 2.86. The van der Waals surface area contributed by atoms with E-state index in [0.717, 1.165) is 6.54 Å². The van der Waals surface area contributed by atoms with E-state index in [1.807, 2.05) is 6.08 Å². The van der Waals surface area contributed by atoms with Crippen LogP contribution in [0.1, 0.15) is 6.42 Å². The summed E-state index contributed by atoms with van der Waals surface area (Å²) in [6, 6.07) is 0.203. The summed E-state index contributed by atoms with van der Waals surface area (Å²) in [7, 11) is 0. The first-order valence-electron chi connectivity index (χ1n) is 3.84. The van der Waals surface area contributed by atoms with Crippen LogP contribution in [0.3, 0.4) is 0 Å². The number of hydrogen-bond acceptors (Lipinski definition) is 3. The number of nitrogens with zero attached hydrogens (tertiary/aromatic N) is 1. The molecule has 0 amide bonds. The number of carbonyl (C=O) groups excluding carboxylic acids is 1. The molecule has 1 N–H and O–H groups in total. The van der Waals surface area contributed by atoms with Crippen LogP contribution in [0.25, 0.3) is 0 Å². The molecule has 0 spiro atoms. The number of fused-ring (bicyclic) bond motifs is 1. The van der Waals surface area contributed by atoms with Crippen LogP contribution in [0.2, 0.25) is 0 Å². The minimum absolute atomic E-state index is 0.00579. The number of aliphatic imine (C=N–C) groups is 1. The van der Waals surface area contributed by atoms with Gasteiger partial charge in [0.2, 0.25) is 0 Å². The molecule has 0 bridgehead atoms. The summed E-state index contributed by atoms with van der Waals surface area (Å²) in [5.41, 5.74) is 0. The van der Waals surface area contributed by atoms with Crippen molar-refractivity contribution in [1.82, 2.24) is 5.32 Å². The van der Waals surface area contributed by atoms with Crippen LogP contribution >= 0.6 is 0 Å². The van der Waals surface area contributed by atoms with Gasteiger partial charge in [-0.1, -0.05) is 0 Å². The van der Waals surface area contributed by atoms with Crippen LogP contribution in [0, 0.1) is 5.92 Å². The average molecular weight is 150 g/mol. The van der Waals surface area contributed by atoms with Crippen LogP contribution < -0.4 is 5.32 Å². The normalized spacial score (nSPS) is 35.5. The van der Waals surface area contributed by atoms with Crippen molar-refractivity contribution in [2.24, 2.45) is 10.9 Å². The first-order valence-corrected chi connectivity index (χ1v) is 3.84. The van der Waals surface area contributed by atoms with E-state index < -0.39 is 0 Å². The lowest BCUT2D eigenvalue weighted by Gasteiger charge is -2.27. The highest BCUT2D eigenvalue weighted by Crippen LogP contribution is 2.14. The van der Waals surface area contributed by atoms with Gasteiger partial charge >= 0.3 is 0 Å². The SMILES string of the molecule is O=C1CCNC2C=CN=CC12. The second-order valence-corrected chi connectivity index (χ2v) is 2.86. The van der Waals surface area contributed by atoms with Crippen LogP contribution in [-0.2, 0) is 4.79 Å². The maximum Gasteiger partial charge on any atom is 0.144 e. The summed E-state index contributed by atoms with van der Waals surface area (Å²) in [5.74, 6) is 0.301. The predicted molar refractivity (Wildman–Crippen MR) is 42.5 cm³/mol. The zero-order chi connectivity index (χ0) is 7.68. The third-order valence-electron chi connectivity index (χ3n) is 2.14. The van der Waals surface area contributed by atoms with Gasteiger partial charge in [-0.3, -0.25) is 9.79 Å². The molecule has 0 radical (unpaired) electrons. The molecule has 0 aromatic heterocycles. The van der Waals surface area contributed by atoms with E-state index in [4.69, 9.17) is 0 Å². The molecule has 0 aromatic rings. The molecule has 2 aliphatic heterocycles. The van der Waals surface area contributed by atoms with E-state index in [-0.39, 0.29) is 12.0 Å². The minimum atomic E-state index is -0.00579. The summed E-state index contributed by atoms with van der Waals surface area (Å²) < 4.78 is 0. The van der Waals surface area contributed by atoms with Gasteiger partial charge in [-0.15, -0.1) is 0 Å². The van der Waals surface area contributed by atoms with E-state index in [1.165, 1.54) is 0 Å². The summed E-state index contributed by atoms with van der Waals surface area (Å²) in [6.07, 6.45) is 6.06. The van der Waals surface area contributed by atoms with Crippen molar-refractivity contribution in [2.75, 3.05) is 6.54 Å². The molecule has 1 saturated heterocycles. The Bertz CT molecular complexity index is 232. The van der Waals surface area contributed by atoms with Gasteiger partial charge in [-0.05, 0) is 6.08 Å². The lowest BCUT2D eigenvalue weighted by atomic mass is 9.89. The molecule has 1 fully saturated rings. The van der Waals surface area contributed by atoms with Gasteiger partial charge in [0, 0.05) is 31.4 Å². The van der Waals surface area contributed by atoms with E-state index in [9.17, 15) is 4.79 Å². The Labute approximate surface area is 65.2 Å². The molecule has 0 saturated carbocycles. The van der Waals surface area contributed by atoms with Gasteiger partial charge in [0.05, 0.1) is 5.92 Å². The van der Waals surface area contributed by atoms with Gasteiger partial charge in [-0.25, -0.2) is 0 Å². The predicted octanol–water partition coefficient (Wildman–Crippen LogP) is 0.132. The molecule has 0 aromatic carbocycles. The summed E-state index contributed by atoms with van der Waals surface area (Å²) in [4.78, 5) is 15.2. The first-order chi connectivity index (χ1) is 5.38. The highest BCUT2D eigenvalue weighted by Gasteiger charge is 2.29. The van der Waals surface area contributed by atoms with E-state index >= 15 is 0 Å². The third kappa shape index (κ3) is 1.12. The standard InChI is InChI=1S/C8H10N2O/c11-8-2-4-10-7-1-3-9-5-6(7)8/h1,3,5-7,10H,2,4H2. The van der Waals surface area contributed by atoms with Crippen LogP contribution in [0.5, 0.6) is 0 Å².